The van der Waals surface area contributed by atoms with Gasteiger partial charge >= 0.3 is 17.9 Å². The van der Waals surface area contributed by atoms with Crippen molar-refractivity contribution in [3.8, 4) is 0 Å². The molecular weight excluding hydrogens is 456 g/mol. The second-order valence-corrected chi connectivity index (χ2v) is 11.1. The van der Waals surface area contributed by atoms with Crippen LogP contribution in [0.1, 0.15) is 61.3 Å². The Labute approximate surface area is 205 Å². The number of ether oxygens (including phenoxy) is 5. The van der Waals surface area contributed by atoms with Gasteiger partial charge in [0, 0.05) is 51.4 Å². The van der Waals surface area contributed by atoms with Crippen LogP contribution in [0.25, 0.3) is 0 Å². The van der Waals surface area contributed by atoms with E-state index in [1.807, 2.05) is 13.0 Å². The van der Waals surface area contributed by atoms with Crippen molar-refractivity contribution < 1.29 is 43.2 Å². The molecule has 4 bridgehead atoms. The van der Waals surface area contributed by atoms with Crippen LogP contribution in [-0.2, 0) is 38.1 Å². The summed E-state index contributed by atoms with van der Waals surface area (Å²) in [5.41, 5.74) is -0.859. The summed E-state index contributed by atoms with van der Waals surface area (Å²) in [6.07, 6.45) is -0.225. The van der Waals surface area contributed by atoms with Crippen molar-refractivity contribution >= 4 is 17.9 Å². The minimum Gasteiger partial charge on any atom is -0.459 e. The van der Waals surface area contributed by atoms with E-state index in [2.05, 4.69) is 6.58 Å². The van der Waals surface area contributed by atoms with E-state index in [1.54, 1.807) is 20.8 Å². The van der Waals surface area contributed by atoms with E-state index in [9.17, 15) is 19.5 Å². The molecule has 0 aromatic rings. The minimum atomic E-state index is -1.67. The molecule has 3 aliphatic heterocycles. The van der Waals surface area contributed by atoms with E-state index < -0.39 is 59.1 Å². The van der Waals surface area contributed by atoms with Gasteiger partial charge in [-0.15, -0.1) is 0 Å². The monoisotopic (exact) mass is 492 g/mol. The Morgan fingerprint density at radius 3 is 2.34 bits per heavy atom. The van der Waals surface area contributed by atoms with Crippen LogP contribution in [0.5, 0.6) is 0 Å². The highest BCUT2D eigenvalue weighted by Crippen LogP contribution is 2.60. The van der Waals surface area contributed by atoms with E-state index >= 15 is 0 Å². The molecule has 1 aliphatic carbocycles. The fraction of sp³-hybridized carbons (Fsp3) is 0.731. The third-order valence-corrected chi connectivity index (χ3v) is 8.08. The summed E-state index contributed by atoms with van der Waals surface area (Å²) in [5, 5.41) is 11.4. The maximum absolute atomic E-state index is 12.1. The van der Waals surface area contributed by atoms with Crippen LogP contribution in [-0.4, -0.2) is 64.4 Å². The molecule has 0 spiro atoms. The lowest BCUT2D eigenvalue weighted by Crippen LogP contribution is -2.59. The Bertz CT molecular complexity index is 983. The third-order valence-electron chi connectivity index (χ3n) is 8.08. The number of hydrogen-bond donors (Lipinski definition) is 1. The van der Waals surface area contributed by atoms with Gasteiger partial charge in [-0.3, -0.25) is 14.4 Å². The van der Waals surface area contributed by atoms with Gasteiger partial charge < -0.3 is 28.8 Å². The number of hydrogen-bond acceptors (Lipinski definition) is 9. The molecular formula is C26H36O9. The van der Waals surface area contributed by atoms with E-state index in [4.69, 9.17) is 23.7 Å². The van der Waals surface area contributed by atoms with Gasteiger partial charge in [0.1, 0.15) is 23.4 Å². The first-order valence-corrected chi connectivity index (χ1v) is 12.1. The van der Waals surface area contributed by atoms with E-state index in [0.717, 1.165) is 5.57 Å². The zero-order chi connectivity index (χ0) is 26.1. The van der Waals surface area contributed by atoms with Crippen LogP contribution in [0.3, 0.4) is 0 Å². The highest BCUT2D eigenvalue weighted by atomic mass is 16.7. The maximum atomic E-state index is 12.1. The van der Waals surface area contributed by atoms with Gasteiger partial charge in [0.2, 0.25) is 0 Å². The quantitative estimate of drug-likeness (QED) is 0.359. The molecule has 4 rings (SSSR count). The van der Waals surface area contributed by atoms with Crippen molar-refractivity contribution in [2.24, 2.45) is 17.8 Å². The SMILES string of the molecule is C=C1CC2OC(C3C2C(C)=CC(OC(C)=O)C3C(C)(C)OC(C)=O)C2(C)OC1(O)CC2OC(C)=O. The molecule has 0 aromatic heterocycles. The lowest BCUT2D eigenvalue weighted by Gasteiger charge is -2.49. The molecule has 35 heavy (non-hydrogen) atoms. The number of aliphatic hydroxyl groups is 1. The summed E-state index contributed by atoms with van der Waals surface area (Å²) in [4.78, 5) is 36.1. The van der Waals surface area contributed by atoms with E-state index in [1.165, 1.54) is 20.8 Å². The van der Waals surface area contributed by atoms with Crippen LogP contribution in [0.15, 0.2) is 23.8 Å². The average Bonchev–Trinajstić information content (AvgIpc) is 3.17. The Hall–Kier alpha value is -2.23. The Morgan fingerprint density at radius 1 is 1.14 bits per heavy atom. The molecule has 194 valence electrons. The molecule has 3 saturated heterocycles. The zero-order valence-electron chi connectivity index (χ0n) is 21.5. The molecule has 0 saturated carbocycles. The first-order chi connectivity index (χ1) is 16.1. The molecule has 3 heterocycles. The Balaban J connectivity index is 1.89. The second kappa shape index (κ2) is 8.42. The van der Waals surface area contributed by atoms with Gasteiger partial charge in [0.25, 0.3) is 0 Å². The fourth-order valence-corrected chi connectivity index (χ4v) is 6.93. The van der Waals surface area contributed by atoms with Crippen molar-refractivity contribution in [2.75, 3.05) is 0 Å². The lowest BCUT2D eigenvalue weighted by molar-refractivity contribution is -0.254. The first kappa shape index (κ1) is 25.9. The van der Waals surface area contributed by atoms with Crippen LogP contribution in [0, 0.1) is 17.8 Å². The highest BCUT2D eigenvalue weighted by Gasteiger charge is 2.70. The van der Waals surface area contributed by atoms with Gasteiger partial charge in [-0.1, -0.05) is 12.2 Å². The smallest absolute Gasteiger partial charge is 0.303 e. The van der Waals surface area contributed by atoms with Gasteiger partial charge in [-0.2, -0.15) is 0 Å². The predicted molar refractivity (Wildman–Crippen MR) is 123 cm³/mol. The van der Waals surface area contributed by atoms with Gasteiger partial charge in [-0.25, -0.2) is 0 Å². The summed E-state index contributed by atoms with van der Waals surface area (Å²) in [5.74, 6) is -4.08. The van der Waals surface area contributed by atoms with Crippen molar-refractivity contribution in [1.29, 1.82) is 0 Å². The standard InChI is InChI=1S/C26H36O9/c1-12-9-18(31-14(3)27)22(24(6,7)34-16(5)29)21-20(12)17-10-13(2)26(30)11-19(32-15(4)28)25(8,35-26)23(21)33-17/h9,17-23,30H,2,10-11H2,1,3-8H3. The summed E-state index contributed by atoms with van der Waals surface area (Å²) in [6.45, 7) is 15.4. The lowest BCUT2D eigenvalue weighted by atomic mass is 9.60. The number of esters is 3. The Morgan fingerprint density at radius 2 is 1.77 bits per heavy atom. The van der Waals surface area contributed by atoms with Crippen molar-refractivity contribution in [3.63, 3.8) is 0 Å². The average molecular weight is 493 g/mol. The predicted octanol–water partition coefficient (Wildman–Crippen LogP) is 2.59. The molecule has 0 radical (unpaired) electrons. The molecule has 9 heteroatoms. The van der Waals surface area contributed by atoms with E-state index in [-0.39, 0.29) is 24.4 Å². The summed E-state index contributed by atoms with van der Waals surface area (Å²) in [7, 11) is 0. The molecule has 0 amide bonds. The second-order valence-electron chi connectivity index (χ2n) is 11.1. The number of fused-ring (bicyclic) bond motifs is 8. The van der Waals surface area contributed by atoms with E-state index in [0.29, 0.717) is 12.0 Å². The minimum absolute atomic E-state index is 0.0338. The molecule has 4 aliphatic rings. The Kier molecular flexibility index (Phi) is 6.22. The first-order valence-electron chi connectivity index (χ1n) is 12.1. The van der Waals surface area contributed by atoms with Gasteiger partial charge in [0.15, 0.2) is 5.79 Å². The topological polar surface area (TPSA) is 118 Å². The van der Waals surface area contributed by atoms with Gasteiger partial charge in [0.05, 0.1) is 12.2 Å². The van der Waals surface area contributed by atoms with Crippen molar-refractivity contribution in [3.05, 3.63) is 23.8 Å². The molecule has 3 fully saturated rings. The number of carbonyl (C=O) groups excluding carboxylic acids is 3. The van der Waals surface area contributed by atoms with Crippen LogP contribution in [0.4, 0.5) is 0 Å². The third kappa shape index (κ3) is 4.21. The molecule has 9 unspecified atom stereocenters. The molecule has 9 atom stereocenters. The fourth-order valence-electron chi connectivity index (χ4n) is 6.93. The van der Waals surface area contributed by atoms with Crippen molar-refractivity contribution in [1.82, 2.24) is 0 Å². The zero-order valence-corrected chi connectivity index (χ0v) is 21.5. The van der Waals surface area contributed by atoms with Gasteiger partial charge in [-0.05, 0) is 39.3 Å². The normalized spacial score (nSPS) is 42.3. The number of carbonyl (C=O) groups is 3. The molecule has 9 nitrogen and oxygen atoms in total. The summed E-state index contributed by atoms with van der Waals surface area (Å²) >= 11 is 0. The summed E-state index contributed by atoms with van der Waals surface area (Å²) in [6, 6.07) is 0. The molecule has 1 N–H and O–H groups in total. The number of rotatable bonds is 4. The molecule has 0 aromatic carbocycles. The largest absolute Gasteiger partial charge is 0.459 e. The maximum Gasteiger partial charge on any atom is 0.303 e. The van der Waals surface area contributed by atoms with Crippen LogP contribution >= 0.6 is 0 Å². The van der Waals surface area contributed by atoms with Crippen LogP contribution < -0.4 is 0 Å². The van der Waals surface area contributed by atoms with Crippen LogP contribution in [0.2, 0.25) is 0 Å². The highest BCUT2D eigenvalue weighted by molar-refractivity contribution is 5.67. The summed E-state index contributed by atoms with van der Waals surface area (Å²) < 4.78 is 30.1. The van der Waals surface area contributed by atoms with Crippen molar-refractivity contribution in [2.45, 2.75) is 103 Å².